The van der Waals surface area contributed by atoms with Crippen LogP contribution in [0.4, 0.5) is 22.0 Å². The van der Waals surface area contributed by atoms with Crippen molar-refractivity contribution < 1.29 is 22.0 Å². The highest BCUT2D eigenvalue weighted by Gasteiger charge is 2.24. The van der Waals surface area contributed by atoms with Crippen molar-refractivity contribution in [2.75, 3.05) is 5.88 Å². The van der Waals surface area contributed by atoms with E-state index < -0.39 is 34.6 Å². The molecule has 0 saturated carbocycles. The molecule has 0 aromatic heterocycles. The molecule has 1 aromatic carbocycles. The fourth-order valence-electron chi connectivity index (χ4n) is 1.03. The average molecular weight is 257 g/mol. The molecule has 0 spiro atoms. The lowest BCUT2D eigenvalue weighted by molar-refractivity contribution is 0.377. The normalized spacial score (nSPS) is 12.1. The Labute approximate surface area is 93.3 Å². The van der Waals surface area contributed by atoms with Gasteiger partial charge in [0, 0.05) is 5.88 Å². The number of benzene rings is 1. The van der Waals surface area contributed by atoms with Crippen molar-refractivity contribution in [1.82, 2.24) is 0 Å². The van der Waals surface area contributed by atoms with Crippen molar-refractivity contribution in [2.24, 2.45) is 0 Å². The Bertz CT molecular complexity index is 424. The minimum atomic E-state index is -2.17. The lowest BCUT2D eigenvalue weighted by atomic mass is 10.1. The van der Waals surface area contributed by atoms with E-state index >= 15 is 0 Å². The van der Waals surface area contributed by atoms with Crippen molar-refractivity contribution in [3.05, 3.63) is 40.2 Å². The maximum absolute atomic E-state index is 13.1. The first-order valence-electron chi connectivity index (χ1n) is 4.14. The Morgan fingerprint density at radius 1 is 0.938 bits per heavy atom. The zero-order chi connectivity index (χ0) is 12.5. The van der Waals surface area contributed by atoms with Crippen molar-refractivity contribution >= 4 is 17.7 Å². The summed E-state index contributed by atoms with van der Waals surface area (Å²) >= 11 is 5.34. The molecule has 0 bridgehead atoms. The minimum Gasteiger partial charge on any atom is -0.203 e. The average Bonchev–Trinajstić information content (AvgIpc) is 2.29. The third-order valence-corrected chi connectivity index (χ3v) is 2.27. The van der Waals surface area contributed by atoms with E-state index in [0.717, 1.165) is 6.08 Å². The summed E-state index contributed by atoms with van der Waals surface area (Å²) in [6, 6.07) is 0. The van der Waals surface area contributed by atoms with Crippen LogP contribution in [0, 0.1) is 29.1 Å². The van der Waals surface area contributed by atoms with Gasteiger partial charge in [-0.3, -0.25) is 0 Å². The van der Waals surface area contributed by atoms with Crippen LogP contribution < -0.4 is 0 Å². The van der Waals surface area contributed by atoms with Gasteiger partial charge in [0.1, 0.15) is 0 Å². The molecule has 0 atom stereocenters. The fourth-order valence-corrected chi connectivity index (χ4v) is 1.11. The highest BCUT2D eigenvalue weighted by atomic mass is 35.5. The fraction of sp³-hybridized carbons (Fsp3) is 0.200. The lowest BCUT2D eigenvalue weighted by Gasteiger charge is -2.05. The minimum absolute atomic E-state index is 0.0699. The highest BCUT2D eigenvalue weighted by molar-refractivity contribution is 6.19. The van der Waals surface area contributed by atoms with Gasteiger partial charge in [0.05, 0.1) is 5.56 Å². The zero-order valence-corrected chi connectivity index (χ0v) is 8.81. The van der Waals surface area contributed by atoms with Gasteiger partial charge in [-0.2, -0.15) is 0 Å². The SMILES string of the molecule is CC(=Cc1c(F)c(F)c(F)c(F)c1F)CCl. The summed E-state index contributed by atoms with van der Waals surface area (Å²) in [5.41, 5.74) is -0.695. The number of halogens is 6. The van der Waals surface area contributed by atoms with E-state index in [4.69, 9.17) is 11.6 Å². The first kappa shape index (κ1) is 13.0. The third kappa shape index (κ3) is 2.19. The van der Waals surface area contributed by atoms with E-state index in [9.17, 15) is 22.0 Å². The Morgan fingerprint density at radius 2 is 1.31 bits per heavy atom. The first-order valence-corrected chi connectivity index (χ1v) is 4.68. The standard InChI is InChI=1S/C10H6ClF5/c1-4(3-11)2-5-6(12)8(14)10(16)9(15)7(5)13/h2H,3H2,1H3. The van der Waals surface area contributed by atoms with Gasteiger partial charge in [-0.15, -0.1) is 11.6 Å². The van der Waals surface area contributed by atoms with Gasteiger partial charge in [-0.1, -0.05) is 5.57 Å². The number of rotatable bonds is 2. The maximum atomic E-state index is 13.1. The van der Waals surface area contributed by atoms with Crippen LogP contribution in [0.1, 0.15) is 12.5 Å². The molecule has 0 aliphatic rings. The molecule has 88 valence electrons. The van der Waals surface area contributed by atoms with Crippen molar-refractivity contribution in [2.45, 2.75) is 6.92 Å². The van der Waals surface area contributed by atoms with Crippen LogP contribution >= 0.6 is 11.6 Å². The summed E-state index contributed by atoms with van der Waals surface area (Å²) in [5, 5.41) is 0. The molecular weight excluding hydrogens is 251 g/mol. The molecule has 0 fully saturated rings. The molecule has 0 saturated heterocycles. The quantitative estimate of drug-likeness (QED) is 0.324. The molecule has 1 aromatic rings. The van der Waals surface area contributed by atoms with Crippen LogP contribution in [0.25, 0.3) is 6.08 Å². The van der Waals surface area contributed by atoms with E-state index in [0.29, 0.717) is 0 Å². The molecule has 0 amide bonds. The topological polar surface area (TPSA) is 0 Å². The Kier molecular flexibility index (Phi) is 3.91. The van der Waals surface area contributed by atoms with Crippen molar-refractivity contribution in [1.29, 1.82) is 0 Å². The number of alkyl halides is 1. The van der Waals surface area contributed by atoms with Crippen LogP contribution in [0.15, 0.2) is 5.57 Å². The number of allylic oxidation sites excluding steroid dienone is 1. The Balaban J connectivity index is 3.52. The Morgan fingerprint density at radius 3 is 1.69 bits per heavy atom. The monoisotopic (exact) mass is 256 g/mol. The molecule has 1 rings (SSSR count). The van der Waals surface area contributed by atoms with Gasteiger partial charge in [0.2, 0.25) is 5.82 Å². The molecule has 0 radical (unpaired) electrons. The second kappa shape index (κ2) is 4.82. The van der Waals surface area contributed by atoms with Crippen molar-refractivity contribution in [3.63, 3.8) is 0 Å². The first-order chi connectivity index (χ1) is 7.40. The molecule has 16 heavy (non-hydrogen) atoms. The molecule has 0 aliphatic carbocycles. The summed E-state index contributed by atoms with van der Waals surface area (Å²) in [4.78, 5) is 0. The van der Waals surface area contributed by atoms with Crippen LogP contribution in [-0.4, -0.2) is 5.88 Å². The van der Waals surface area contributed by atoms with Crippen molar-refractivity contribution in [3.8, 4) is 0 Å². The summed E-state index contributed by atoms with van der Waals surface area (Å²) in [6.07, 6.45) is 0.823. The van der Waals surface area contributed by atoms with Gasteiger partial charge in [-0.25, -0.2) is 22.0 Å². The van der Waals surface area contributed by atoms with Gasteiger partial charge < -0.3 is 0 Å². The molecule has 0 aliphatic heterocycles. The second-order valence-corrected chi connectivity index (χ2v) is 3.38. The summed E-state index contributed by atoms with van der Waals surface area (Å²) in [5.74, 6) is -9.89. The van der Waals surface area contributed by atoms with Gasteiger partial charge >= 0.3 is 0 Å². The van der Waals surface area contributed by atoms with E-state index in [2.05, 4.69) is 0 Å². The van der Waals surface area contributed by atoms with Crippen LogP contribution in [-0.2, 0) is 0 Å². The van der Waals surface area contributed by atoms with Gasteiger partial charge in [0.15, 0.2) is 23.3 Å². The van der Waals surface area contributed by atoms with Crippen LogP contribution in [0.2, 0.25) is 0 Å². The zero-order valence-electron chi connectivity index (χ0n) is 8.05. The lowest BCUT2D eigenvalue weighted by Crippen LogP contribution is -2.04. The number of hydrogen-bond donors (Lipinski definition) is 0. The van der Waals surface area contributed by atoms with Gasteiger partial charge in [-0.05, 0) is 13.0 Å². The molecule has 0 heterocycles. The smallest absolute Gasteiger partial charge is 0.200 e. The predicted molar refractivity (Wildman–Crippen MR) is 50.6 cm³/mol. The van der Waals surface area contributed by atoms with E-state index in [1.54, 1.807) is 0 Å². The molecular formula is C10H6ClF5. The maximum Gasteiger partial charge on any atom is 0.200 e. The highest BCUT2D eigenvalue weighted by Crippen LogP contribution is 2.24. The molecule has 0 unspecified atom stereocenters. The summed E-state index contributed by atoms with van der Waals surface area (Å²) in [6.45, 7) is 1.41. The largest absolute Gasteiger partial charge is 0.203 e. The summed E-state index contributed by atoms with van der Waals surface area (Å²) in [7, 11) is 0. The van der Waals surface area contributed by atoms with Crippen LogP contribution in [0.5, 0.6) is 0 Å². The predicted octanol–water partition coefficient (Wildman–Crippen LogP) is 4.02. The van der Waals surface area contributed by atoms with Crippen LogP contribution in [0.3, 0.4) is 0 Å². The molecule has 0 nitrogen and oxygen atoms in total. The summed E-state index contributed by atoms with van der Waals surface area (Å²) < 4.78 is 64.3. The molecule has 0 N–H and O–H groups in total. The van der Waals surface area contributed by atoms with E-state index in [-0.39, 0.29) is 11.5 Å². The van der Waals surface area contributed by atoms with Gasteiger partial charge in [0.25, 0.3) is 0 Å². The van der Waals surface area contributed by atoms with E-state index in [1.165, 1.54) is 6.92 Å². The van der Waals surface area contributed by atoms with E-state index in [1.807, 2.05) is 0 Å². The third-order valence-electron chi connectivity index (χ3n) is 1.85. The number of hydrogen-bond acceptors (Lipinski definition) is 0. The molecule has 6 heteroatoms. The second-order valence-electron chi connectivity index (χ2n) is 3.11. The Hall–Kier alpha value is -1.10.